The van der Waals surface area contributed by atoms with Crippen LogP contribution in [0.15, 0.2) is 24.8 Å². The summed E-state index contributed by atoms with van der Waals surface area (Å²) in [5.41, 5.74) is 0.146. The summed E-state index contributed by atoms with van der Waals surface area (Å²) in [5.74, 6) is -2.59. The van der Waals surface area contributed by atoms with E-state index in [0.717, 1.165) is 0 Å². The Morgan fingerprint density at radius 2 is 1.45 bits per heavy atom. The number of carbonyl (C=O) groups excluding carboxylic acids is 5. The van der Waals surface area contributed by atoms with Crippen LogP contribution >= 0.6 is 0 Å². The van der Waals surface area contributed by atoms with Gasteiger partial charge in [-0.05, 0) is 25.7 Å². The van der Waals surface area contributed by atoms with Crippen molar-refractivity contribution in [3.05, 3.63) is 41.9 Å². The number of anilines is 1. The average molecular weight is 610 g/mol. The number of hydrogen-bond donors (Lipinski definition) is 8. The predicted octanol–water partition coefficient (Wildman–Crippen LogP) is -3.10. The van der Waals surface area contributed by atoms with Gasteiger partial charge in [0.1, 0.15) is 12.1 Å². The summed E-state index contributed by atoms with van der Waals surface area (Å²) < 4.78 is 0. The Labute approximate surface area is 246 Å². The van der Waals surface area contributed by atoms with Crippen molar-refractivity contribution in [3.8, 4) is 0 Å². The number of aromatic amines is 4. The van der Waals surface area contributed by atoms with Gasteiger partial charge in [0.25, 0.3) is 17.7 Å². The van der Waals surface area contributed by atoms with Gasteiger partial charge in [0, 0.05) is 19.1 Å². The lowest BCUT2D eigenvalue weighted by molar-refractivity contribution is -0.129. The number of rotatable bonds is 13. The quantitative estimate of drug-likeness (QED) is 0.0697. The number of carbonyl (C=O) groups is 5. The first-order valence-electron chi connectivity index (χ1n) is 13.3. The number of amides is 5. The monoisotopic (exact) mass is 609 g/mol. The second kappa shape index (κ2) is 13.7. The van der Waals surface area contributed by atoms with Crippen LogP contribution in [0.3, 0.4) is 0 Å². The van der Waals surface area contributed by atoms with Crippen LogP contribution in [0.1, 0.15) is 57.1 Å². The Bertz CT molecular complexity index is 1540. The minimum absolute atomic E-state index is 0.0195. The first kappa shape index (κ1) is 29.4. The third kappa shape index (κ3) is 7.21. The van der Waals surface area contributed by atoms with Crippen molar-refractivity contribution in [1.29, 1.82) is 0 Å². The summed E-state index contributed by atoms with van der Waals surface area (Å²) >= 11 is 0. The van der Waals surface area contributed by atoms with E-state index in [4.69, 9.17) is 0 Å². The Hall–Kier alpha value is -6.09. The number of nitrogens with zero attached hydrogens (tertiary/aromatic N) is 9. The van der Waals surface area contributed by atoms with Gasteiger partial charge < -0.3 is 26.2 Å². The molecule has 1 saturated heterocycles. The molecule has 3 atom stereocenters. The van der Waals surface area contributed by atoms with Gasteiger partial charge in [-0.3, -0.25) is 24.0 Å². The van der Waals surface area contributed by atoms with Crippen LogP contribution in [0.25, 0.3) is 0 Å². The molecule has 22 nitrogen and oxygen atoms in total. The molecular formula is C22H27N17O5. The van der Waals surface area contributed by atoms with E-state index in [1.54, 1.807) is 0 Å². The zero-order valence-corrected chi connectivity index (χ0v) is 22.9. The number of unbranched alkanes of at least 4 members (excludes halogenated alkanes) is 1. The molecule has 5 amide bonds. The summed E-state index contributed by atoms with van der Waals surface area (Å²) in [5, 5.41) is 49.8. The molecular weight excluding hydrogens is 582 g/mol. The van der Waals surface area contributed by atoms with Crippen molar-refractivity contribution in [2.24, 2.45) is 0 Å². The number of aromatic nitrogens is 12. The van der Waals surface area contributed by atoms with Crippen LogP contribution in [0.4, 0.5) is 5.82 Å². The summed E-state index contributed by atoms with van der Waals surface area (Å²) in [4.78, 5) is 65.9. The average Bonchev–Trinajstić information content (AvgIpc) is 3.86. The van der Waals surface area contributed by atoms with Gasteiger partial charge in [-0.2, -0.15) is 56.5 Å². The van der Waals surface area contributed by atoms with Gasteiger partial charge in [-0.25, -0.2) is 0 Å². The van der Waals surface area contributed by atoms with Crippen LogP contribution in [-0.2, 0) is 9.59 Å². The zero-order valence-electron chi connectivity index (χ0n) is 22.9. The van der Waals surface area contributed by atoms with Crippen molar-refractivity contribution in [2.45, 2.75) is 43.8 Å². The van der Waals surface area contributed by atoms with E-state index in [9.17, 15) is 24.0 Å². The number of likely N-dealkylation sites (tertiary alicyclic amines) is 1. The van der Waals surface area contributed by atoms with E-state index in [2.05, 4.69) is 82.9 Å². The summed E-state index contributed by atoms with van der Waals surface area (Å²) in [6, 6.07) is -2.73. The Morgan fingerprint density at radius 1 is 0.818 bits per heavy atom. The smallest absolute Gasteiger partial charge is 0.276 e. The maximum Gasteiger partial charge on any atom is 0.276 e. The fourth-order valence-electron chi connectivity index (χ4n) is 4.52. The molecule has 4 aromatic heterocycles. The molecule has 0 saturated carbocycles. The van der Waals surface area contributed by atoms with Crippen LogP contribution in [0.2, 0.25) is 0 Å². The minimum atomic E-state index is -1.06. The normalized spacial score (nSPS) is 16.7. The molecule has 0 bridgehead atoms. The summed E-state index contributed by atoms with van der Waals surface area (Å²) in [7, 11) is 0. The topological polar surface area (TPSA) is 303 Å². The van der Waals surface area contributed by atoms with E-state index < -0.39 is 47.7 Å². The van der Waals surface area contributed by atoms with Crippen molar-refractivity contribution in [2.75, 3.05) is 18.4 Å². The van der Waals surface area contributed by atoms with Crippen LogP contribution in [0, 0.1) is 0 Å². The molecule has 1 aliphatic heterocycles. The molecule has 0 unspecified atom stereocenters. The zero-order chi connectivity index (χ0) is 30.9. The van der Waals surface area contributed by atoms with E-state index >= 15 is 0 Å². The highest BCUT2D eigenvalue weighted by Gasteiger charge is 2.42. The Balaban J connectivity index is 1.24. The first-order valence-corrected chi connectivity index (χ1v) is 13.3. The van der Waals surface area contributed by atoms with Crippen molar-refractivity contribution in [3.63, 3.8) is 0 Å². The molecule has 230 valence electrons. The minimum Gasteiger partial charge on any atom is -0.351 e. The second-order valence-electron chi connectivity index (χ2n) is 9.60. The molecule has 1 fully saturated rings. The highest BCUT2D eigenvalue weighted by Crippen LogP contribution is 2.21. The molecule has 0 radical (unpaired) electrons. The van der Waals surface area contributed by atoms with Crippen molar-refractivity contribution < 1.29 is 24.0 Å². The molecule has 44 heavy (non-hydrogen) atoms. The molecule has 22 heteroatoms. The van der Waals surface area contributed by atoms with Gasteiger partial charge in [0.05, 0.1) is 24.8 Å². The number of nitrogens with one attached hydrogen (secondary N) is 8. The summed E-state index contributed by atoms with van der Waals surface area (Å²) in [6.45, 7) is 0.265. The lowest BCUT2D eigenvalue weighted by Gasteiger charge is -2.25. The fourth-order valence-corrected chi connectivity index (χ4v) is 4.52. The van der Waals surface area contributed by atoms with Crippen LogP contribution < -0.4 is 21.3 Å². The highest BCUT2D eigenvalue weighted by molar-refractivity contribution is 6.00. The second-order valence-corrected chi connectivity index (χ2v) is 9.60. The van der Waals surface area contributed by atoms with Gasteiger partial charge in [-0.1, -0.05) is 0 Å². The largest absolute Gasteiger partial charge is 0.351 e. The van der Waals surface area contributed by atoms with Crippen molar-refractivity contribution in [1.82, 2.24) is 82.5 Å². The molecule has 5 rings (SSSR count). The molecule has 0 aliphatic carbocycles. The van der Waals surface area contributed by atoms with Crippen molar-refractivity contribution >= 4 is 35.4 Å². The standard InChI is InChI=1S/C22H27N17O5/c40-18(13-6-24-35-31-13)23-4-2-1-3-12(19(41)30-17-9-27-38-34-17)29-21(43)16-5-11(28-20(42)14-7-25-36-32-14)10-39(16)22(44)15-8-26-37-33-15/h6-9,11-12,16H,1-5,10H2,(H,23,40)(H,28,42)(H,29,43)(H,24,31,35)(H,25,32,36)(H,26,33,37)(H2,27,30,34,38,41)/t11-,12+,16+/m1/s1. The predicted molar refractivity (Wildman–Crippen MR) is 143 cm³/mol. The van der Waals surface area contributed by atoms with E-state index in [-0.39, 0.29) is 48.8 Å². The maximum atomic E-state index is 13.6. The molecule has 0 spiro atoms. The highest BCUT2D eigenvalue weighted by atomic mass is 16.2. The summed E-state index contributed by atoms with van der Waals surface area (Å²) in [6.07, 6.45) is 6.18. The van der Waals surface area contributed by atoms with E-state index in [1.807, 2.05) is 0 Å². The van der Waals surface area contributed by atoms with Gasteiger partial charge in [0.2, 0.25) is 11.8 Å². The van der Waals surface area contributed by atoms with Gasteiger partial charge >= 0.3 is 0 Å². The molecule has 8 N–H and O–H groups in total. The lowest BCUT2D eigenvalue weighted by Crippen LogP contribution is -2.52. The van der Waals surface area contributed by atoms with Gasteiger partial charge in [0.15, 0.2) is 22.9 Å². The number of hydrogen-bond acceptors (Lipinski definition) is 13. The Kier molecular flexibility index (Phi) is 9.17. The third-order valence-corrected chi connectivity index (χ3v) is 6.63. The maximum absolute atomic E-state index is 13.6. The van der Waals surface area contributed by atoms with Crippen LogP contribution in [0.5, 0.6) is 0 Å². The Morgan fingerprint density at radius 3 is 2.09 bits per heavy atom. The number of H-pyrrole nitrogens is 4. The van der Waals surface area contributed by atoms with Crippen LogP contribution in [-0.4, -0.2) is 127 Å². The van der Waals surface area contributed by atoms with E-state index in [1.165, 1.54) is 29.7 Å². The van der Waals surface area contributed by atoms with E-state index in [0.29, 0.717) is 12.8 Å². The first-order chi connectivity index (χ1) is 21.4. The molecule has 1 aliphatic rings. The lowest BCUT2D eigenvalue weighted by atomic mass is 10.1. The van der Waals surface area contributed by atoms with Gasteiger partial charge in [-0.15, -0.1) is 5.10 Å². The fraction of sp³-hybridized carbons (Fsp3) is 0.409. The molecule has 4 aromatic rings. The molecule has 5 heterocycles. The third-order valence-electron chi connectivity index (χ3n) is 6.63. The SMILES string of the molecule is O=C(NCCCC[C@H](NC(=O)[C@@H]1C[C@@H](NC(=O)c2cn[nH]n2)CN1C(=O)c1cn[nH]n1)C(=O)Nc1cn[nH]n1)c1cn[nH]n1. The molecule has 0 aromatic carbocycles.